The number of ether oxygens (including phenoxy) is 2. The number of benzene rings is 6. The molecule has 0 unspecified atom stereocenters. The number of hydrogen-bond acceptors (Lipinski definition) is 6. The van der Waals surface area contributed by atoms with Gasteiger partial charge in [0.2, 0.25) is 0 Å². The SMILES string of the molecule is C=CCc1ccc(O)c(-c2ccc(O)c(CC=C)c2)c1.C=CCc1ccc(OC)c(-c2ccc(OC)c(CC=C)c2)c1.CC.CC.Cc1ccc(O)c(-c2ccc(O)c(C)c2)c1. The standard InChI is InChI=1S/C20H22O2.C18H18O2.C14H14O2.2C2H6/c1-5-7-15-9-11-20(22-4)18(13-15)16-10-12-19(21-3)17(14-16)8-6-2;1-3-5-13-7-9-18(20)16(11-13)14-8-10-17(19)15(12-14)6-4-2;1-9-3-5-14(16)12(7-9)11-4-6-13(15)10(2)8-11;2*1-2/h5-6,9-14H,1-2,7-8H2,3-4H3;3-4,7-12,19-20H,1-2,5-6H2;3-8,15-16H,1-2H3;2*1-2H3. The Morgan fingerprint density at radius 2 is 0.839 bits per heavy atom. The van der Waals surface area contributed by atoms with Crippen molar-refractivity contribution in [2.75, 3.05) is 14.2 Å². The first kappa shape index (κ1) is 51.2. The van der Waals surface area contributed by atoms with Gasteiger partial charge in [0.1, 0.15) is 34.5 Å². The van der Waals surface area contributed by atoms with Crippen molar-refractivity contribution in [3.63, 3.8) is 0 Å². The number of methoxy groups -OCH3 is 2. The van der Waals surface area contributed by atoms with Crippen molar-refractivity contribution in [1.29, 1.82) is 0 Å². The molecular formula is C56H66O6. The third-order valence-corrected chi connectivity index (χ3v) is 9.46. The van der Waals surface area contributed by atoms with Crippen molar-refractivity contribution in [2.45, 2.75) is 67.2 Å². The smallest absolute Gasteiger partial charge is 0.126 e. The Morgan fingerprint density at radius 3 is 1.40 bits per heavy atom. The molecule has 0 aliphatic rings. The topological polar surface area (TPSA) is 99.4 Å². The molecule has 6 rings (SSSR count). The van der Waals surface area contributed by atoms with Crippen molar-refractivity contribution >= 4 is 0 Å². The highest BCUT2D eigenvalue weighted by atomic mass is 16.5. The maximum Gasteiger partial charge on any atom is 0.126 e. The molecule has 0 atom stereocenters. The van der Waals surface area contributed by atoms with Crippen LogP contribution in [0.4, 0.5) is 0 Å². The van der Waals surface area contributed by atoms with Gasteiger partial charge >= 0.3 is 0 Å². The van der Waals surface area contributed by atoms with Crippen LogP contribution >= 0.6 is 0 Å². The quantitative estimate of drug-likeness (QED) is 0.0865. The molecule has 62 heavy (non-hydrogen) atoms. The number of rotatable bonds is 13. The summed E-state index contributed by atoms with van der Waals surface area (Å²) in [5.74, 6) is 2.75. The summed E-state index contributed by atoms with van der Waals surface area (Å²) < 4.78 is 10.9. The monoisotopic (exact) mass is 834 g/mol. The summed E-state index contributed by atoms with van der Waals surface area (Å²) in [7, 11) is 3.38. The van der Waals surface area contributed by atoms with Crippen molar-refractivity contribution in [1.82, 2.24) is 0 Å². The summed E-state index contributed by atoms with van der Waals surface area (Å²) in [5, 5.41) is 39.1. The number of phenolic OH excluding ortho intramolecular Hbond substituents is 4. The highest BCUT2D eigenvalue weighted by Crippen LogP contribution is 2.36. The number of hydrogen-bond donors (Lipinski definition) is 4. The van der Waals surface area contributed by atoms with Crippen LogP contribution in [0.5, 0.6) is 34.5 Å². The van der Waals surface area contributed by atoms with Gasteiger partial charge in [-0.1, -0.05) is 94.0 Å². The fraction of sp³-hybridized carbons (Fsp3) is 0.214. The van der Waals surface area contributed by atoms with Crippen LogP contribution in [0.3, 0.4) is 0 Å². The fourth-order valence-electron chi connectivity index (χ4n) is 6.42. The van der Waals surface area contributed by atoms with E-state index in [1.807, 2.05) is 108 Å². The molecule has 0 bridgehead atoms. The lowest BCUT2D eigenvalue weighted by Gasteiger charge is -2.13. The molecule has 0 aliphatic carbocycles. The van der Waals surface area contributed by atoms with Gasteiger partial charge in [-0.25, -0.2) is 0 Å². The maximum absolute atomic E-state index is 10.0. The van der Waals surface area contributed by atoms with Crippen LogP contribution in [0.25, 0.3) is 33.4 Å². The van der Waals surface area contributed by atoms with Gasteiger partial charge in [-0.05, 0) is 157 Å². The summed E-state index contributed by atoms with van der Waals surface area (Å²) in [4.78, 5) is 0. The second-order valence-electron chi connectivity index (χ2n) is 13.7. The Bertz CT molecular complexity index is 2370. The van der Waals surface area contributed by atoms with Gasteiger partial charge in [-0.3, -0.25) is 0 Å². The van der Waals surface area contributed by atoms with Gasteiger partial charge in [-0.15, -0.1) is 26.3 Å². The molecule has 0 fully saturated rings. The van der Waals surface area contributed by atoms with Crippen LogP contribution in [0.2, 0.25) is 0 Å². The zero-order valence-electron chi connectivity index (χ0n) is 38.0. The maximum atomic E-state index is 10.0. The van der Waals surface area contributed by atoms with Gasteiger partial charge in [0, 0.05) is 16.7 Å². The fourth-order valence-corrected chi connectivity index (χ4v) is 6.42. The summed E-state index contributed by atoms with van der Waals surface area (Å²) in [6, 6.07) is 34.1. The van der Waals surface area contributed by atoms with Crippen molar-refractivity contribution in [2.24, 2.45) is 0 Å². The molecule has 0 amide bonds. The molecule has 6 aromatic rings. The largest absolute Gasteiger partial charge is 0.508 e. The molecule has 0 aliphatic heterocycles. The predicted octanol–water partition coefficient (Wildman–Crippen LogP) is 14.5. The third-order valence-electron chi connectivity index (χ3n) is 9.46. The minimum absolute atomic E-state index is 0.230. The first-order chi connectivity index (χ1) is 30.0. The van der Waals surface area contributed by atoms with Crippen LogP contribution in [0, 0.1) is 13.8 Å². The zero-order valence-corrected chi connectivity index (χ0v) is 38.0. The Kier molecular flexibility index (Phi) is 22.3. The minimum atomic E-state index is 0.230. The van der Waals surface area contributed by atoms with E-state index in [-0.39, 0.29) is 23.0 Å². The lowest BCUT2D eigenvalue weighted by molar-refractivity contribution is 0.410. The molecule has 0 radical (unpaired) electrons. The second-order valence-corrected chi connectivity index (χ2v) is 13.7. The van der Waals surface area contributed by atoms with E-state index in [9.17, 15) is 20.4 Å². The van der Waals surface area contributed by atoms with Gasteiger partial charge < -0.3 is 29.9 Å². The Hall–Kier alpha value is -6.92. The summed E-state index contributed by atoms with van der Waals surface area (Å²) in [6.07, 6.45) is 10.3. The molecule has 0 aromatic heterocycles. The molecule has 6 heteroatoms. The van der Waals surface area contributed by atoms with E-state index in [1.54, 1.807) is 56.7 Å². The van der Waals surface area contributed by atoms with Crippen LogP contribution in [0.15, 0.2) is 160 Å². The number of phenols is 4. The van der Waals surface area contributed by atoms with E-state index in [4.69, 9.17) is 9.47 Å². The number of aryl methyl sites for hydroxylation is 2. The normalized spacial score (nSPS) is 9.74. The van der Waals surface area contributed by atoms with Gasteiger partial charge in [0.05, 0.1) is 14.2 Å². The Balaban J connectivity index is 0.000000310. The highest BCUT2D eigenvalue weighted by molar-refractivity contribution is 5.74. The summed E-state index contributed by atoms with van der Waals surface area (Å²) in [6.45, 7) is 26.8. The highest BCUT2D eigenvalue weighted by Gasteiger charge is 2.12. The lowest BCUT2D eigenvalue weighted by Crippen LogP contribution is -1.94. The van der Waals surface area contributed by atoms with Gasteiger partial charge in [-0.2, -0.15) is 0 Å². The van der Waals surface area contributed by atoms with Crippen molar-refractivity contribution < 1.29 is 29.9 Å². The predicted molar refractivity (Wildman–Crippen MR) is 263 cm³/mol. The Morgan fingerprint density at radius 1 is 0.419 bits per heavy atom. The van der Waals surface area contributed by atoms with Crippen LogP contribution in [-0.4, -0.2) is 34.6 Å². The van der Waals surface area contributed by atoms with E-state index in [1.165, 1.54) is 5.56 Å². The van der Waals surface area contributed by atoms with Crippen molar-refractivity contribution in [3.8, 4) is 67.9 Å². The summed E-state index contributed by atoms with van der Waals surface area (Å²) >= 11 is 0. The zero-order chi connectivity index (χ0) is 46.2. The van der Waals surface area contributed by atoms with Crippen LogP contribution in [-0.2, 0) is 25.7 Å². The lowest BCUT2D eigenvalue weighted by atomic mass is 9.97. The van der Waals surface area contributed by atoms with Gasteiger partial charge in [0.15, 0.2) is 0 Å². The van der Waals surface area contributed by atoms with Crippen LogP contribution in [0.1, 0.15) is 61.1 Å². The minimum Gasteiger partial charge on any atom is -0.508 e. The molecular weight excluding hydrogens is 769 g/mol. The molecule has 6 nitrogen and oxygen atoms in total. The first-order valence-electron chi connectivity index (χ1n) is 21.0. The Labute approximate surface area is 371 Å². The first-order valence-corrected chi connectivity index (χ1v) is 21.0. The molecule has 4 N–H and O–H groups in total. The second kappa shape index (κ2) is 27.0. The van der Waals surface area contributed by atoms with E-state index in [0.29, 0.717) is 6.42 Å². The molecule has 0 saturated heterocycles. The molecule has 6 aromatic carbocycles. The number of aromatic hydroxyl groups is 4. The van der Waals surface area contributed by atoms with Crippen molar-refractivity contribution in [3.05, 3.63) is 193 Å². The molecule has 0 spiro atoms. The number of allylic oxidation sites excluding steroid dienone is 4. The molecule has 326 valence electrons. The molecule has 0 saturated carbocycles. The summed E-state index contributed by atoms with van der Waals surface area (Å²) in [5.41, 5.74) is 11.7. The van der Waals surface area contributed by atoms with E-state index in [0.717, 1.165) is 92.0 Å². The van der Waals surface area contributed by atoms with E-state index < -0.39 is 0 Å². The average molecular weight is 835 g/mol. The average Bonchev–Trinajstić information content (AvgIpc) is 3.29. The van der Waals surface area contributed by atoms with Gasteiger partial charge in [0.25, 0.3) is 0 Å². The molecule has 0 heterocycles. The van der Waals surface area contributed by atoms with E-state index >= 15 is 0 Å². The third kappa shape index (κ3) is 14.7. The van der Waals surface area contributed by atoms with Crippen LogP contribution < -0.4 is 9.47 Å². The van der Waals surface area contributed by atoms with E-state index in [2.05, 4.69) is 50.6 Å².